The number of ether oxygens (including phenoxy) is 2. The fraction of sp³-hybridized carbons (Fsp3) is 0.308. The van der Waals surface area contributed by atoms with E-state index in [0.29, 0.717) is 23.3 Å². The molecule has 3 aromatic rings. The Morgan fingerprint density at radius 3 is 1.55 bits per heavy atom. The average Bonchev–Trinajstić information content (AvgIpc) is 3.06. The van der Waals surface area contributed by atoms with Gasteiger partial charge in [0.05, 0.1) is 26.3 Å². The quantitative estimate of drug-likeness (QED) is 0.556. The lowest BCUT2D eigenvalue weighted by Gasteiger charge is -2.35. The van der Waals surface area contributed by atoms with Gasteiger partial charge in [-0.2, -0.15) is 0 Å². The van der Waals surface area contributed by atoms with E-state index in [1.165, 1.54) is 0 Å². The zero-order valence-electron chi connectivity index (χ0n) is 18.3. The van der Waals surface area contributed by atoms with E-state index in [0.717, 1.165) is 16.8 Å². The number of benzene rings is 3. The van der Waals surface area contributed by atoms with E-state index < -0.39 is 0 Å². The number of hydrogen-bond acceptors (Lipinski definition) is 5. The van der Waals surface area contributed by atoms with E-state index in [1.807, 2.05) is 42.5 Å². The fourth-order valence-corrected chi connectivity index (χ4v) is 4.86. The molecule has 0 spiro atoms. The normalized spacial score (nSPS) is 23.0. The summed E-state index contributed by atoms with van der Waals surface area (Å²) in [6, 6.07) is 21.7. The Kier molecular flexibility index (Phi) is 5.68. The zero-order valence-corrected chi connectivity index (χ0v) is 18.3. The first-order chi connectivity index (χ1) is 15.0. The van der Waals surface area contributed by atoms with Crippen molar-refractivity contribution in [1.82, 2.24) is 0 Å². The van der Waals surface area contributed by atoms with Gasteiger partial charge in [0.25, 0.3) is 0 Å². The Hall–Kier alpha value is -3.34. The first-order valence-corrected chi connectivity index (χ1v) is 10.5. The van der Waals surface area contributed by atoms with Crippen molar-refractivity contribution >= 4 is 5.69 Å². The van der Waals surface area contributed by atoms with Crippen molar-refractivity contribution in [3.8, 4) is 23.0 Å². The molecular weight excluding hydrogens is 390 g/mol. The minimum Gasteiger partial charge on any atom is -0.504 e. The molecule has 0 saturated carbocycles. The van der Waals surface area contributed by atoms with Gasteiger partial charge in [0, 0.05) is 5.69 Å². The van der Waals surface area contributed by atoms with Crippen LogP contribution in [0, 0.1) is 11.8 Å². The number of anilines is 1. The van der Waals surface area contributed by atoms with Gasteiger partial charge in [-0.15, -0.1) is 0 Å². The lowest BCUT2D eigenvalue weighted by Crippen LogP contribution is -2.28. The van der Waals surface area contributed by atoms with Crippen LogP contribution in [0.1, 0.15) is 37.1 Å². The van der Waals surface area contributed by atoms with Gasteiger partial charge in [-0.1, -0.05) is 44.2 Å². The molecule has 4 atom stereocenters. The van der Waals surface area contributed by atoms with Gasteiger partial charge in [0.2, 0.25) is 0 Å². The highest BCUT2D eigenvalue weighted by atomic mass is 16.5. The molecule has 5 nitrogen and oxygen atoms in total. The van der Waals surface area contributed by atoms with Gasteiger partial charge in [0.15, 0.2) is 23.0 Å². The minimum absolute atomic E-state index is 0.0803. The number of phenolic OH excluding ortho intramolecular Hbond substituents is 2. The van der Waals surface area contributed by atoms with Gasteiger partial charge < -0.3 is 24.6 Å². The van der Waals surface area contributed by atoms with E-state index in [4.69, 9.17) is 9.47 Å². The first kappa shape index (κ1) is 20.9. The van der Waals surface area contributed by atoms with Gasteiger partial charge in [-0.3, -0.25) is 0 Å². The number of hydrogen-bond donors (Lipinski definition) is 2. The molecule has 2 N–H and O–H groups in total. The molecule has 0 bridgehead atoms. The predicted molar refractivity (Wildman–Crippen MR) is 122 cm³/mol. The molecule has 1 aliphatic heterocycles. The highest BCUT2D eigenvalue weighted by Crippen LogP contribution is 2.54. The largest absolute Gasteiger partial charge is 0.504 e. The van der Waals surface area contributed by atoms with Crippen molar-refractivity contribution < 1.29 is 19.7 Å². The number of nitrogens with zero attached hydrogens (tertiary/aromatic N) is 1. The van der Waals surface area contributed by atoms with E-state index >= 15 is 0 Å². The Labute approximate surface area is 183 Å². The van der Waals surface area contributed by atoms with Gasteiger partial charge in [0.1, 0.15) is 0 Å². The summed E-state index contributed by atoms with van der Waals surface area (Å²) in [5.41, 5.74) is 3.30. The maximum Gasteiger partial charge on any atom is 0.160 e. The second-order valence-electron chi connectivity index (χ2n) is 8.21. The molecule has 1 fully saturated rings. The van der Waals surface area contributed by atoms with Crippen molar-refractivity contribution in [3.05, 3.63) is 77.9 Å². The standard InChI is InChI=1S/C26H29NO4/c1-16-17(2)26(19-11-13-22(29)24(15-19)31-4)27(20-8-6-5-7-9-20)25(16)18-10-12-21(28)23(14-18)30-3/h5-17,25-26,28-29H,1-4H3/t16-,17-,25-,26-/m1/s1. The van der Waals surface area contributed by atoms with Crippen LogP contribution < -0.4 is 14.4 Å². The molecule has 1 heterocycles. The molecule has 4 rings (SSSR count). The summed E-state index contributed by atoms with van der Waals surface area (Å²) in [5.74, 6) is 1.85. The van der Waals surface area contributed by atoms with Crippen LogP contribution in [0.15, 0.2) is 66.7 Å². The highest BCUT2D eigenvalue weighted by Gasteiger charge is 2.46. The Morgan fingerprint density at radius 2 is 1.13 bits per heavy atom. The zero-order chi connectivity index (χ0) is 22.1. The minimum atomic E-state index is 0.0803. The van der Waals surface area contributed by atoms with Crippen LogP contribution in [-0.4, -0.2) is 24.4 Å². The molecule has 0 amide bonds. The van der Waals surface area contributed by atoms with Crippen LogP contribution in [0.5, 0.6) is 23.0 Å². The predicted octanol–water partition coefficient (Wildman–Crippen LogP) is 5.69. The monoisotopic (exact) mass is 419 g/mol. The summed E-state index contributed by atoms with van der Waals surface area (Å²) in [7, 11) is 3.14. The van der Waals surface area contributed by atoms with Crippen molar-refractivity contribution in [2.45, 2.75) is 25.9 Å². The molecule has 1 aliphatic rings. The van der Waals surface area contributed by atoms with Crippen molar-refractivity contribution in [3.63, 3.8) is 0 Å². The summed E-state index contributed by atoms with van der Waals surface area (Å²) in [5, 5.41) is 20.2. The van der Waals surface area contributed by atoms with Gasteiger partial charge >= 0.3 is 0 Å². The van der Waals surface area contributed by atoms with E-state index in [9.17, 15) is 10.2 Å². The molecule has 31 heavy (non-hydrogen) atoms. The summed E-state index contributed by atoms with van der Waals surface area (Å²) in [6.07, 6.45) is 0. The number of aromatic hydroxyl groups is 2. The fourth-order valence-electron chi connectivity index (χ4n) is 4.86. The maximum absolute atomic E-state index is 10.1. The highest BCUT2D eigenvalue weighted by molar-refractivity contribution is 5.56. The third kappa shape index (κ3) is 3.65. The SMILES string of the molecule is COc1cc([C@H]2[C@H](C)[C@@H](C)[C@H](c3ccc(O)c(OC)c3)N2c2ccccc2)ccc1O. The van der Waals surface area contributed by atoms with Gasteiger partial charge in [-0.25, -0.2) is 0 Å². The third-order valence-corrected chi connectivity index (χ3v) is 6.57. The molecule has 3 aromatic carbocycles. The molecule has 0 aliphatic carbocycles. The lowest BCUT2D eigenvalue weighted by molar-refractivity contribution is 0.368. The second kappa shape index (κ2) is 8.42. The number of methoxy groups -OCH3 is 2. The Morgan fingerprint density at radius 1 is 0.677 bits per heavy atom. The lowest BCUT2D eigenvalue weighted by atomic mass is 9.85. The number of phenols is 2. The van der Waals surface area contributed by atoms with Crippen molar-refractivity contribution in [2.24, 2.45) is 11.8 Å². The Balaban J connectivity index is 1.87. The number of para-hydroxylation sites is 1. The first-order valence-electron chi connectivity index (χ1n) is 10.5. The molecule has 0 unspecified atom stereocenters. The van der Waals surface area contributed by atoms with E-state index in [2.05, 4.69) is 30.9 Å². The smallest absolute Gasteiger partial charge is 0.160 e. The van der Waals surface area contributed by atoms with Crippen LogP contribution in [-0.2, 0) is 0 Å². The third-order valence-electron chi connectivity index (χ3n) is 6.57. The van der Waals surface area contributed by atoms with E-state index in [1.54, 1.807) is 26.4 Å². The van der Waals surface area contributed by atoms with Crippen LogP contribution in [0.2, 0.25) is 0 Å². The van der Waals surface area contributed by atoms with E-state index in [-0.39, 0.29) is 23.6 Å². The molecule has 0 aromatic heterocycles. The summed E-state index contributed by atoms with van der Waals surface area (Å²) in [6.45, 7) is 4.53. The molecular formula is C26H29NO4. The van der Waals surface area contributed by atoms with Crippen LogP contribution in [0.3, 0.4) is 0 Å². The van der Waals surface area contributed by atoms with Crippen LogP contribution in [0.4, 0.5) is 5.69 Å². The second-order valence-corrected chi connectivity index (χ2v) is 8.21. The molecule has 162 valence electrons. The maximum atomic E-state index is 10.1. The Bertz CT molecular complexity index is 987. The van der Waals surface area contributed by atoms with Gasteiger partial charge in [-0.05, 0) is 59.4 Å². The topological polar surface area (TPSA) is 62.2 Å². The van der Waals surface area contributed by atoms with Crippen molar-refractivity contribution in [1.29, 1.82) is 0 Å². The summed E-state index contributed by atoms with van der Waals surface area (Å²) >= 11 is 0. The summed E-state index contributed by atoms with van der Waals surface area (Å²) < 4.78 is 10.8. The summed E-state index contributed by atoms with van der Waals surface area (Å²) in [4.78, 5) is 2.44. The molecule has 5 heteroatoms. The number of rotatable bonds is 5. The molecule has 0 radical (unpaired) electrons. The molecule has 1 saturated heterocycles. The average molecular weight is 420 g/mol. The van der Waals surface area contributed by atoms with Crippen LogP contribution in [0.25, 0.3) is 0 Å². The van der Waals surface area contributed by atoms with Crippen molar-refractivity contribution in [2.75, 3.05) is 19.1 Å². The van der Waals surface area contributed by atoms with Crippen LogP contribution >= 0.6 is 0 Å².